The summed E-state index contributed by atoms with van der Waals surface area (Å²) in [5.74, 6) is 0. The molecule has 24 heavy (non-hydrogen) atoms. The standard InChI is InChI=1S/C20H38N4/c1-16(23-14-20(15-23)9-5-11-21-20)8-10-19(2,3)24-12-17-6-7-18(13-24)22(17)4/h16-18,21H,5-15H2,1-4H3. The molecule has 0 saturated carbocycles. The monoisotopic (exact) mass is 334 g/mol. The molecule has 0 aliphatic carbocycles. The summed E-state index contributed by atoms with van der Waals surface area (Å²) in [5.41, 5.74) is 0.852. The molecule has 1 spiro atoms. The molecule has 0 aromatic rings. The van der Waals surface area contributed by atoms with Crippen molar-refractivity contribution in [1.29, 1.82) is 0 Å². The second-order valence-corrected chi connectivity index (χ2v) is 9.87. The maximum Gasteiger partial charge on any atom is 0.0438 e. The van der Waals surface area contributed by atoms with Gasteiger partial charge in [-0.25, -0.2) is 0 Å². The Morgan fingerprint density at radius 2 is 1.83 bits per heavy atom. The van der Waals surface area contributed by atoms with E-state index in [1.165, 1.54) is 71.2 Å². The van der Waals surface area contributed by atoms with Crippen LogP contribution >= 0.6 is 0 Å². The van der Waals surface area contributed by atoms with Gasteiger partial charge in [-0.2, -0.15) is 0 Å². The molecule has 138 valence electrons. The average molecular weight is 335 g/mol. The number of likely N-dealkylation sites (tertiary alicyclic amines) is 2. The van der Waals surface area contributed by atoms with Crippen LogP contribution in [0.3, 0.4) is 0 Å². The van der Waals surface area contributed by atoms with Gasteiger partial charge in [0.2, 0.25) is 0 Å². The quantitative estimate of drug-likeness (QED) is 0.831. The molecule has 0 amide bonds. The van der Waals surface area contributed by atoms with Crippen LogP contribution in [-0.4, -0.2) is 83.7 Å². The average Bonchev–Trinajstić information content (AvgIpc) is 3.05. The molecule has 0 radical (unpaired) electrons. The number of hydrogen-bond acceptors (Lipinski definition) is 4. The first-order valence-electron chi connectivity index (χ1n) is 10.3. The van der Waals surface area contributed by atoms with Gasteiger partial charge in [-0.3, -0.25) is 14.7 Å². The Morgan fingerprint density at radius 3 is 2.42 bits per heavy atom. The van der Waals surface area contributed by atoms with E-state index in [1.54, 1.807) is 0 Å². The number of rotatable bonds is 5. The van der Waals surface area contributed by atoms with Crippen LogP contribution in [0.15, 0.2) is 0 Å². The molecule has 4 heteroatoms. The highest BCUT2D eigenvalue weighted by atomic mass is 15.3. The van der Waals surface area contributed by atoms with Crippen LogP contribution in [0.5, 0.6) is 0 Å². The topological polar surface area (TPSA) is 21.8 Å². The van der Waals surface area contributed by atoms with E-state index in [0.717, 1.165) is 18.1 Å². The molecule has 0 aromatic heterocycles. The first-order chi connectivity index (χ1) is 11.4. The molecule has 4 saturated heterocycles. The third-order valence-corrected chi connectivity index (χ3v) is 7.84. The van der Waals surface area contributed by atoms with Gasteiger partial charge in [-0.15, -0.1) is 0 Å². The predicted molar refractivity (Wildman–Crippen MR) is 100 cm³/mol. The second-order valence-electron chi connectivity index (χ2n) is 9.87. The minimum absolute atomic E-state index is 0.352. The zero-order valence-electron chi connectivity index (χ0n) is 16.4. The second kappa shape index (κ2) is 6.22. The van der Waals surface area contributed by atoms with Crippen molar-refractivity contribution in [3.63, 3.8) is 0 Å². The number of likely N-dealkylation sites (N-methyl/N-ethyl adjacent to an activating group) is 1. The van der Waals surface area contributed by atoms with Crippen molar-refractivity contribution in [3.8, 4) is 0 Å². The van der Waals surface area contributed by atoms with Crippen molar-refractivity contribution in [2.75, 3.05) is 39.8 Å². The number of piperazine rings is 1. The normalized spacial score (nSPS) is 35.5. The van der Waals surface area contributed by atoms with E-state index in [9.17, 15) is 0 Å². The molecular weight excluding hydrogens is 296 g/mol. The highest BCUT2D eigenvalue weighted by molar-refractivity contribution is 5.07. The Morgan fingerprint density at radius 1 is 1.17 bits per heavy atom. The van der Waals surface area contributed by atoms with Gasteiger partial charge >= 0.3 is 0 Å². The van der Waals surface area contributed by atoms with Gasteiger partial charge < -0.3 is 5.32 Å². The number of fused-ring (bicyclic) bond motifs is 2. The molecular formula is C20H38N4. The van der Waals surface area contributed by atoms with Gasteiger partial charge in [0.05, 0.1) is 0 Å². The van der Waals surface area contributed by atoms with Crippen LogP contribution < -0.4 is 5.32 Å². The minimum Gasteiger partial charge on any atom is -0.309 e. The van der Waals surface area contributed by atoms with Gasteiger partial charge in [-0.1, -0.05) is 0 Å². The van der Waals surface area contributed by atoms with E-state index in [2.05, 4.69) is 47.8 Å². The summed E-state index contributed by atoms with van der Waals surface area (Å²) in [7, 11) is 2.34. The van der Waals surface area contributed by atoms with E-state index in [1.807, 2.05) is 0 Å². The van der Waals surface area contributed by atoms with E-state index < -0.39 is 0 Å². The Hall–Kier alpha value is -0.160. The fourth-order valence-electron chi connectivity index (χ4n) is 5.69. The number of hydrogen-bond donors (Lipinski definition) is 1. The fourth-order valence-corrected chi connectivity index (χ4v) is 5.69. The van der Waals surface area contributed by atoms with Crippen LogP contribution in [0.1, 0.15) is 59.3 Å². The summed E-state index contributed by atoms with van der Waals surface area (Å²) in [4.78, 5) is 8.16. The molecule has 1 N–H and O–H groups in total. The minimum atomic E-state index is 0.352. The largest absolute Gasteiger partial charge is 0.309 e. The summed E-state index contributed by atoms with van der Waals surface area (Å²) < 4.78 is 0. The Balaban J connectivity index is 1.26. The molecule has 4 heterocycles. The maximum absolute atomic E-state index is 3.74. The van der Waals surface area contributed by atoms with Crippen LogP contribution in [0.4, 0.5) is 0 Å². The lowest BCUT2D eigenvalue weighted by Crippen LogP contribution is -2.68. The van der Waals surface area contributed by atoms with Crippen molar-refractivity contribution in [2.45, 2.75) is 88.5 Å². The number of nitrogens with zero attached hydrogens (tertiary/aromatic N) is 3. The first kappa shape index (κ1) is 17.3. The first-order valence-corrected chi connectivity index (χ1v) is 10.3. The van der Waals surface area contributed by atoms with E-state index in [-0.39, 0.29) is 0 Å². The van der Waals surface area contributed by atoms with E-state index in [4.69, 9.17) is 0 Å². The molecule has 4 aliphatic heterocycles. The highest BCUT2D eigenvalue weighted by Crippen LogP contribution is 2.36. The zero-order valence-corrected chi connectivity index (χ0v) is 16.4. The lowest BCUT2D eigenvalue weighted by molar-refractivity contribution is -0.00380. The van der Waals surface area contributed by atoms with Gasteiger partial charge in [0.15, 0.2) is 0 Å². The highest BCUT2D eigenvalue weighted by Gasteiger charge is 2.46. The van der Waals surface area contributed by atoms with Crippen molar-refractivity contribution >= 4 is 0 Å². The summed E-state index contributed by atoms with van der Waals surface area (Å²) in [6.07, 6.45) is 8.26. The molecule has 3 atom stereocenters. The lowest BCUT2D eigenvalue weighted by Gasteiger charge is -2.52. The molecule has 4 nitrogen and oxygen atoms in total. The maximum atomic E-state index is 3.74. The van der Waals surface area contributed by atoms with E-state index >= 15 is 0 Å². The fraction of sp³-hybridized carbons (Fsp3) is 1.00. The lowest BCUT2D eigenvalue weighted by atomic mass is 9.85. The van der Waals surface area contributed by atoms with Gasteiger partial charge in [0.1, 0.15) is 0 Å². The Bertz CT molecular complexity index is 435. The van der Waals surface area contributed by atoms with Crippen molar-refractivity contribution in [2.24, 2.45) is 0 Å². The molecule has 0 aromatic carbocycles. The Kier molecular flexibility index (Phi) is 4.48. The molecule has 4 rings (SSSR count). The van der Waals surface area contributed by atoms with Crippen molar-refractivity contribution in [3.05, 3.63) is 0 Å². The summed E-state index contributed by atoms with van der Waals surface area (Å²) in [6.45, 7) is 13.8. The van der Waals surface area contributed by atoms with E-state index in [0.29, 0.717) is 11.1 Å². The van der Waals surface area contributed by atoms with Crippen LogP contribution in [-0.2, 0) is 0 Å². The van der Waals surface area contributed by atoms with Crippen molar-refractivity contribution < 1.29 is 0 Å². The molecule has 3 unspecified atom stereocenters. The number of nitrogens with one attached hydrogen (secondary N) is 1. The van der Waals surface area contributed by atoms with Crippen LogP contribution in [0.2, 0.25) is 0 Å². The molecule has 4 aliphatic rings. The molecule has 2 bridgehead atoms. The van der Waals surface area contributed by atoms with Gasteiger partial charge in [-0.05, 0) is 72.9 Å². The SMILES string of the molecule is CC(CCC(C)(C)N1CC2CCC(C1)N2C)N1CC2(CCCN2)C1. The predicted octanol–water partition coefficient (Wildman–Crippen LogP) is 2.15. The van der Waals surface area contributed by atoms with Crippen molar-refractivity contribution in [1.82, 2.24) is 20.0 Å². The molecule has 4 fully saturated rings. The Labute approximate surface area is 148 Å². The third kappa shape index (κ3) is 3.04. The summed E-state index contributed by atoms with van der Waals surface area (Å²) in [5, 5.41) is 3.74. The smallest absolute Gasteiger partial charge is 0.0438 e. The summed E-state index contributed by atoms with van der Waals surface area (Å²) >= 11 is 0. The summed E-state index contributed by atoms with van der Waals surface area (Å²) in [6, 6.07) is 2.36. The van der Waals surface area contributed by atoms with Crippen LogP contribution in [0, 0.1) is 0 Å². The van der Waals surface area contributed by atoms with Gasteiger partial charge in [0.25, 0.3) is 0 Å². The van der Waals surface area contributed by atoms with Gasteiger partial charge in [0, 0.05) is 55.4 Å². The van der Waals surface area contributed by atoms with Crippen LogP contribution in [0.25, 0.3) is 0 Å². The zero-order chi connectivity index (χ0) is 16.9. The third-order valence-electron chi connectivity index (χ3n) is 7.84.